The molecule has 0 radical (unpaired) electrons. The van der Waals surface area contributed by atoms with Gasteiger partial charge in [0.15, 0.2) is 11.2 Å². The number of carboxylic acid groups (broad SMARTS) is 1. The lowest BCUT2D eigenvalue weighted by Gasteiger charge is -2.31. The molecule has 0 spiro atoms. The Kier molecular flexibility index (Phi) is 5.05. The summed E-state index contributed by atoms with van der Waals surface area (Å²) in [5.41, 5.74) is 2.18. The lowest BCUT2D eigenvalue weighted by Crippen LogP contribution is -2.46. The zero-order valence-corrected chi connectivity index (χ0v) is 15.8. The molecule has 0 aliphatic carbocycles. The third-order valence-electron chi connectivity index (χ3n) is 4.34. The zero-order valence-electron chi connectivity index (χ0n) is 14.2. The average molecular weight is 410 g/mol. The number of aryl methyl sites for hydroxylation is 1. The molecule has 8 nitrogen and oxygen atoms in total. The fourth-order valence-corrected chi connectivity index (χ4v) is 3.47. The van der Waals surface area contributed by atoms with Crippen molar-refractivity contribution in [2.45, 2.75) is 26.8 Å². The number of carbonyl (C=O) groups is 1. The molecule has 2 aromatic heterocycles. The summed E-state index contributed by atoms with van der Waals surface area (Å²) in [7, 11) is 0. The number of nitrogens with zero attached hydrogens (tertiary/aromatic N) is 4. The first kappa shape index (κ1) is 17.8. The van der Waals surface area contributed by atoms with Crippen LogP contribution in [0.1, 0.15) is 18.3 Å². The van der Waals surface area contributed by atoms with E-state index in [1.165, 1.54) is 0 Å². The van der Waals surface area contributed by atoms with E-state index in [9.17, 15) is 14.7 Å². The summed E-state index contributed by atoms with van der Waals surface area (Å²) in [4.78, 5) is 35.4. The summed E-state index contributed by atoms with van der Waals surface area (Å²) in [5.74, 6) is -0.978. The van der Waals surface area contributed by atoms with Gasteiger partial charge in [0.1, 0.15) is 16.8 Å². The predicted octanol–water partition coefficient (Wildman–Crippen LogP) is 0.919. The number of piperazine rings is 1. The van der Waals surface area contributed by atoms with Crippen molar-refractivity contribution in [1.29, 1.82) is 0 Å². The number of aliphatic carboxylic acids is 1. The second kappa shape index (κ2) is 7.09. The first-order chi connectivity index (χ1) is 11.9. The van der Waals surface area contributed by atoms with Gasteiger partial charge >= 0.3 is 5.97 Å². The molecular weight excluding hydrogens is 390 g/mol. The zero-order chi connectivity index (χ0) is 18.1. The van der Waals surface area contributed by atoms with Crippen LogP contribution in [-0.2, 0) is 17.8 Å². The third-order valence-corrected chi connectivity index (χ3v) is 5.09. The molecule has 1 aliphatic rings. The van der Waals surface area contributed by atoms with Crippen LogP contribution < -0.4 is 15.6 Å². The van der Waals surface area contributed by atoms with E-state index in [2.05, 4.69) is 31.2 Å². The molecule has 3 heterocycles. The number of hydrogen-bond donors (Lipinski definition) is 2. The van der Waals surface area contributed by atoms with Gasteiger partial charge in [0.2, 0.25) is 5.43 Å². The minimum atomic E-state index is -0.978. The average Bonchev–Trinajstić information content (AvgIpc) is 2.59. The third kappa shape index (κ3) is 3.25. The largest absolute Gasteiger partial charge is 0.480 e. The predicted molar refractivity (Wildman–Crippen MR) is 98.3 cm³/mol. The standard InChI is InChI=1S/C16H20BrN5O3/c1-3-10-13(21-6-4-18-5-7-21)14(25)12-16(22(10)8-11(23)24)19-9(2)15(17)20-12/h18H,3-8H2,1-2H3,(H,23,24). The molecule has 2 N–H and O–H groups in total. The van der Waals surface area contributed by atoms with E-state index in [1.807, 2.05) is 11.8 Å². The van der Waals surface area contributed by atoms with Crippen LogP contribution >= 0.6 is 15.9 Å². The van der Waals surface area contributed by atoms with Crippen LogP contribution in [0.2, 0.25) is 0 Å². The van der Waals surface area contributed by atoms with Gasteiger partial charge in [-0.3, -0.25) is 9.59 Å². The lowest BCUT2D eigenvalue weighted by molar-refractivity contribution is -0.137. The maximum absolute atomic E-state index is 13.2. The van der Waals surface area contributed by atoms with Crippen molar-refractivity contribution in [3.63, 3.8) is 0 Å². The highest BCUT2D eigenvalue weighted by atomic mass is 79.9. The monoisotopic (exact) mass is 409 g/mol. The Hall–Kier alpha value is -2.00. The van der Waals surface area contributed by atoms with E-state index in [1.54, 1.807) is 11.5 Å². The molecule has 3 rings (SSSR count). The molecule has 0 atom stereocenters. The van der Waals surface area contributed by atoms with Crippen molar-refractivity contribution in [2.75, 3.05) is 31.1 Å². The van der Waals surface area contributed by atoms with Crippen LogP contribution in [-0.4, -0.2) is 51.8 Å². The number of hydrogen-bond acceptors (Lipinski definition) is 6. The van der Waals surface area contributed by atoms with Crippen molar-refractivity contribution in [3.8, 4) is 0 Å². The summed E-state index contributed by atoms with van der Waals surface area (Å²) in [5, 5.41) is 12.6. The van der Waals surface area contributed by atoms with Gasteiger partial charge in [-0.2, -0.15) is 0 Å². The van der Waals surface area contributed by atoms with Gasteiger partial charge in [-0.15, -0.1) is 0 Å². The van der Waals surface area contributed by atoms with Gasteiger partial charge < -0.3 is 19.9 Å². The Morgan fingerprint density at radius 1 is 1.32 bits per heavy atom. The number of fused-ring (bicyclic) bond motifs is 1. The molecule has 0 unspecified atom stereocenters. The lowest BCUT2D eigenvalue weighted by atomic mass is 10.1. The number of anilines is 1. The quantitative estimate of drug-likeness (QED) is 0.773. The normalized spacial score (nSPS) is 14.9. The SMILES string of the molecule is CCc1c(N2CCNCC2)c(=O)c2nc(Br)c(C)nc2n1CC(=O)O. The molecule has 0 saturated carbocycles. The number of nitrogens with one attached hydrogen (secondary N) is 1. The van der Waals surface area contributed by atoms with Gasteiger partial charge in [-0.05, 0) is 29.3 Å². The number of aromatic nitrogens is 3. The van der Waals surface area contributed by atoms with Gasteiger partial charge in [0.25, 0.3) is 0 Å². The Labute approximate surface area is 153 Å². The van der Waals surface area contributed by atoms with Crippen LogP contribution in [0.5, 0.6) is 0 Å². The molecule has 0 amide bonds. The molecule has 25 heavy (non-hydrogen) atoms. The van der Waals surface area contributed by atoms with E-state index >= 15 is 0 Å². The van der Waals surface area contributed by atoms with Gasteiger partial charge in [0, 0.05) is 31.9 Å². The summed E-state index contributed by atoms with van der Waals surface area (Å²) < 4.78 is 2.11. The second-order valence-corrected chi connectivity index (χ2v) is 6.72. The van der Waals surface area contributed by atoms with Crippen molar-refractivity contribution in [1.82, 2.24) is 19.9 Å². The highest BCUT2D eigenvalue weighted by molar-refractivity contribution is 9.10. The molecule has 0 aromatic carbocycles. The molecule has 9 heteroatoms. The van der Waals surface area contributed by atoms with E-state index < -0.39 is 5.97 Å². The first-order valence-electron chi connectivity index (χ1n) is 8.21. The smallest absolute Gasteiger partial charge is 0.323 e. The van der Waals surface area contributed by atoms with Crippen LogP contribution in [0.25, 0.3) is 11.2 Å². The van der Waals surface area contributed by atoms with Gasteiger partial charge in [0.05, 0.1) is 5.69 Å². The molecule has 1 aliphatic heterocycles. The number of carboxylic acids is 1. The Morgan fingerprint density at radius 2 is 2.00 bits per heavy atom. The first-order valence-corrected chi connectivity index (χ1v) is 9.00. The minimum absolute atomic E-state index is 0.191. The minimum Gasteiger partial charge on any atom is -0.480 e. The Bertz CT molecular complexity index is 890. The van der Waals surface area contributed by atoms with Crippen molar-refractivity contribution < 1.29 is 9.90 Å². The molecule has 134 valence electrons. The Morgan fingerprint density at radius 3 is 2.60 bits per heavy atom. The second-order valence-electron chi connectivity index (χ2n) is 5.97. The highest BCUT2D eigenvalue weighted by Gasteiger charge is 2.25. The van der Waals surface area contributed by atoms with Crippen molar-refractivity contribution >= 4 is 38.8 Å². The number of rotatable bonds is 4. The van der Waals surface area contributed by atoms with Crippen molar-refractivity contribution in [3.05, 3.63) is 26.2 Å². The maximum atomic E-state index is 13.2. The van der Waals surface area contributed by atoms with Crippen LogP contribution in [0, 0.1) is 6.92 Å². The van der Waals surface area contributed by atoms with E-state index in [-0.39, 0.29) is 17.5 Å². The fraction of sp³-hybridized carbons (Fsp3) is 0.500. The van der Waals surface area contributed by atoms with E-state index in [0.717, 1.165) is 13.1 Å². The number of halogens is 1. The van der Waals surface area contributed by atoms with Crippen LogP contribution in [0.15, 0.2) is 9.40 Å². The molecular formula is C16H20BrN5O3. The highest BCUT2D eigenvalue weighted by Crippen LogP contribution is 2.24. The van der Waals surface area contributed by atoms with E-state index in [4.69, 9.17) is 0 Å². The topological polar surface area (TPSA) is 100 Å². The fourth-order valence-electron chi connectivity index (χ4n) is 3.20. The van der Waals surface area contributed by atoms with E-state index in [0.29, 0.717) is 46.8 Å². The van der Waals surface area contributed by atoms with Crippen LogP contribution in [0.3, 0.4) is 0 Å². The van der Waals surface area contributed by atoms with Crippen molar-refractivity contribution in [2.24, 2.45) is 0 Å². The molecule has 2 aromatic rings. The summed E-state index contributed by atoms with van der Waals surface area (Å²) >= 11 is 3.32. The van der Waals surface area contributed by atoms with Crippen LogP contribution in [0.4, 0.5) is 5.69 Å². The summed E-state index contributed by atoms with van der Waals surface area (Å²) in [6.45, 7) is 6.38. The van der Waals surface area contributed by atoms with Gasteiger partial charge in [-0.25, -0.2) is 9.97 Å². The molecule has 0 bridgehead atoms. The summed E-state index contributed by atoms with van der Waals surface area (Å²) in [6, 6.07) is 0. The van der Waals surface area contributed by atoms with Gasteiger partial charge in [-0.1, -0.05) is 6.92 Å². The Balaban J connectivity index is 2.37. The maximum Gasteiger partial charge on any atom is 0.323 e. The number of pyridine rings is 1. The molecule has 1 saturated heterocycles. The summed E-state index contributed by atoms with van der Waals surface area (Å²) in [6.07, 6.45) is 0.536. The molecule has 1 fully saturated rings.